The van der Waals surface area contributed by atoms with Gasteiger partial charge in [0.25, 0.3) is 0 Å². The summed E-state index contributed by atoms with van der Waals surface area (Å²) in [6.45, 7) is 0.832. The molecule has 0 aliphatic carbocycles. The van der Waals surface area contributed by atoms with E-state index in [4.69, 9.17) is 4.74 Å². The summed E-state index contributed by atoms with van der Waals surface area (Å²) in [6.07, 6.45) is 0. The lowest BCUT2D eigenvalue weighted by atomic mass is 10.1. The quantitative estimate of drug-likeness (QED) is 0.817. The number of methoxy groups -OCH3 is 1. The highest BCUT2D eigenvalue weighted by molar-refractivity contribution is 7.98. The molecular formula is C16H18FNOS. The fourth-order valence-electron chi connectivity index (χ4n) is 1.95. The van der Waals surface area contributed by atoms with Gasteiger partial charge in [0.1, 0.15) is 11.6 Å². The fourth-order valence-corrected chi connectivity index (χ4v) is 2.83. The number of rotatable bonds is 6. The third-order valence-electron chi connectivity index (χ3n) is 2.93. The molecule has 0 heterocycles. The number of thioether (sulfide) groups is 1. The van der Waals surface area contributed by atoms with Crippen molar-refractivity contribution in [3.05, 3.63) is 59.4 Å². The second-order valence-corrected chi connectivity index (χ2v) is 5.47. The summed E-state index contributed by atoms with van der Waals surface area (Å²) < 4.78 is 18.3. The van der Waals surface area contributed by atoms with Gasteiger partial charge in [-0.3, -0.25) is 0 Å². The number of hydrogen-bond acceptors (Lipinski definition) is 3. The Labute approximate surface area is 123 Å². The van der Waals surface area contributed by atoms with Crippen molar-refractivity contribution in [3.8, 4) is 5.75 Å². The molecule has 2 nitrogen and oxygen atoms in total. The molecule has 0 saturated heterocycles. The first-order valence-electron chi connectivity index (χ1n) is 6.41. The van der Waals surface area contributed by atoms with Crippen LogP contribution in [0.3, 0.4) is 0 Å². The Morgan fingerprint density at radius 2 is 1.90 bits per heavy atom. The smallest absolute Gasteiger partial charge is 0.123 e. The molecule has 4 heteroatoms. The Morgan fingerprint density at radius 3 is 2.55 bits per heavy atom. The number of halogens is 1. The molecule has 0 aromatic heterocycles. The van der Waals surface area contributed by atoms with E-state index in [-0.39, 0.29) is 5.82 Å². The fraction of sp³-hybridized carbons (Fsp3) is 0.250. The zero-order valence-electron chi connectivity index (χ0n) is 11.7. The lowest BCUT2D eigenvalue weighted by molar-refractivity contribution is 0.411. The van der Waals surface area contributed by atoms with Gasteiger partial charge < -0.3 is 10.1 Å². The van der Waals surface area contributed by atoms with Crippen LogP contribution in [0, 0.1) is 5.82 Å². The first-order valence-corrected chi connectivity index (χ1v) is 7.40. The minimum atomic E-state index is -0.206. The number of hydrogen-bond donors (Lipinski definition) is 1. The first-order chi connectivity index (χ1) is 9.72. The van der Waals surface area contributed by atoms with Crippen LogP contribution in [0.15, 0.2) is 47.4 Å². The van der Waals surface area contributed by atoms with E-state index in [2.05, 4.69) is 17.4 Å². The van der Waals surface area contributed by atoms with E-state index in [1.54, 1.807) is 31.0 Å². The normalized spacial score (nSPS) is 10.6. The van der Waals surface area contributed by atoms with Crippen LogP contribution < -0.4 is 10.1 Å². The van der Waals surface area contributed by atoms with Crippen LogP contribution in [0.4, 0.5) is 4.39 Å². The molecule has 0 aliphatic rings. The van der Waals surface area contributed by atoms with Gasteiger partial charge in [0.15, 0.2) is 0 Å². The van der Waals surface area contributed by atoms with E-state index < -0.39 is 0 Å². The van der Waals surface area contributed by atoms with Crippen LogP contribution in [0.5, 0.6) is 5.75 Å². The molecule has 0 unspecified atom stereocenters. The van der Waals surface area contributed by atoms with Gasteiger partial charge in [-0.1, -0.05) is 6.07 Å². The summed E-state index contributed by atoms with van der Waals surface area (Å²) in [5, 5.41) is 3.14. The Bertz CT molecular complexity index is 557. The van der Waals surface area contributed by atoms with Crippen LogP contribution >= 0.6 is 11.8 Å². The molecule has 0 fully saturated rings. The predicted octanol–water partition coefficient (Wildman–Crippen LogP) is 3.85. The van der Waals surface area contributed by atoms with Gasteiger partial charge in [-0.2, -0.15) is 0 Å². The standard InChI is InChI=1S/C16H18FNOS/c1-18-10-12-3-8-16(19-2)13(9-12)11-20-15-6-4-14(17)5-7-15/h3-9,18H,10-11H2,1-2H3. The highest BCUT2D eigenvalue weighted by Crippen LogP contribution is 2.28. The van der Waals surface area contributed by atoms with Crippen LogP contribution in [-0.4, -0.2) is 14.2 Å². The molecule has 106 valence electrons. The predicted molar refractivity (Wildman–Crippen MR) is 81.7 cm³/mol. The maximum Gasteiger partial charge on any atom is 0.123 e. The molecule has 2 rings (SSSR count). The Hall–Kier alpha value is -1.52. The second kappa shape index (κ2) is 7.31. The summed E-state index contributed by atoms with van der Waals surface area (Å²) >= 11 is 1.67. The molecule has 0 bridgehead atoms. The number of benzene rings is 2. The van der Waals surface area contributed by atoms with E-state index in [9.17, 15) is 4.39 Å². The largest absolute Gasteiger partial charge is 0.496 e. The topological polar surface area (TPSA) is 21.3 Å². The van der Waals surface area contributed by atoms with Crippen molar-refractivity contribution in [2.24, 2.45) is 0 Å². The van der Waals surface area contributed by atoms with Crippen LogP contribution in [0.25, 0.3) is 0 Å². The summed E-state index contributed by atoms with van der Waals surface area (Å²) in [6, 6.07) is 12.8. The molecular weight excluding hydrogens is 273 g/mol. The van der Waals surface area contributed by atoms with E-state index >= 15 is 0 Å². The molecule has 2 aromatic rings. The molecule has 0 radical (unpaired) electrons. The van der Waals surface area contributed by atoms with Gasteiger partial charge in [0.2, 0.25) is 0 Å². The van der Waals surface area contributed by atoms with Gasteiger partial charge >= 0.3 is 0 Å². The number of nitrogens with one attached hydrogen (secondary N) is 1. The molecule has 0 atom stereocenters. The average Bonchev–Trinajstić information content (AvgIpc) is 2.47. The van der Waals surface area contributed by atoms with Gasteiger partial charge in [0, 0.05) is 22.8 Å². The maximum atomic E-state index is 12.9. The van der Waals surface area contributed by atoms with Gasteiger partial charge in [-0.25, -0.2) is 4.39 Å². The molecule has 2 aromatic carbocycles. The third kappa shape index (κ3) is 3.99. The number of ether oxygens (including phenoxy) is 1. The van der Waals surface area contributed by atoms with Crippen molar-refractivity contribution < 1.29 is 9.13 Å². The second-order valence-electron chi connectivity index (χ2n) is 4.42. The first kappa shape index (κ1) is 14.9. The Kier molecular flexibility index (Phi) is 5.44. The van der Waals surface area contributed by atoms with Crippen molar-refractivity contribution >= 4 is 11.8 Å². The van der Waals surface area contributed by atoms with Crippen molar-refractivity contribution in [1.29, 1.82) is 0 Å². The lowest BCUT2D eigenvalue weighted by Crippen LogP contribution is -2.05. The third-order valence-corrected chi connectivity index (χ3v) is 3.99. The van der Waals surface area contributed by atoms with Crippen LogP contribution in [0.1, 0.15) is 11.1 Å². The molecule has 0 aliphatic heterocycles. The van der Waals surface area contributed by atoms with E-state index in [1.807, 2.05) is 13.1 Å². The Balaban J connectivity index is 2.10. The summed E-state index contributed by atoms with van der Waals surface area (Å²) in [5.74, 6) is 1.48. The van der Waals surface area contributed by atoms with Gasteiger partial charge in [-0.05, 0) is 49.0 Å². The van der Waals surface area contributed by atoms with E-state index in [0.29, 0.717) is 0 Å². The van der Waals surface area contributed by atoms with Crippen molar-refractivity contribution in [3.63, 3.8) is 0 Å². The molecule has 1 N–H and O–H groups in total. The molecule has 20 heavy (non-hydrogen) atoms. The van der Waals surface area contributed by atoms with Gasteiger partial charge in [-0.15, -0.1) is 11.8 Å². The van der Waals surface area contributed by atoms with Crippen molar-refractivity contribution in [2.75, 3.05) is 14.2 Å². The van der Waals surface area contributed by atoms with E-state index in [1.165, 1.54) is 17.7 Å². The lowest BCUT2D eigenvalue weighted by Gasteiger charge is -2.10. The van der Waals surface area contributed by atoms with Crippen LogP contribution in [-0.2, 0) is 12.3 Å². The van der Waals surface area contributed by atoms with E-state index in [0.717, 1.165) is 28.5 Å². The van der Waals surface area contributed by atoms with Crippen molar-refractivity contribution in [1.82, 2.24) is 5.32 Å². The SMILES string of the molecule is CNCc1ccc(OC)c(CSc2ccc(F)cc2)c1. The minimum absolute atomic E-state index is 0.206. The molecule has 0 saturated carbocycles. The maximum absolute atomic E-state index is 12.9. The zero-order chi connectivity index (χ0) is 14.4. The van der Waals surface area contributed by atoms with Crippen LogP contribution in [0.2, 0.25) is 0 Å². The minimum Gasteiger partial charge on any atom is -0.496 e. The zero-order valence-corrected chi connectivity index (χ0v) is 12.5. The Morgan fingerprint density at radius 1 is 1.15 bits per heavy atom. The highest BCUT2D eigenvalue weighted by atomic mass is 32.2. The highest BCUT2D eigenvalue weighted by Gasteiger charge is 2.05. The summed E-state index contributed by atoms with van der Waals surface area (Å²) in [7, 11) is 3.61. The molecule has 0 spiro atoms. The molecule has 0 amide bonds. The van der Waals surface area contributed by atoms with Crippen molar-refractivity contribution in [2.45, 2.75) is 17.2 Å². The van der Waals surface area contributed by atoms with Gasteiger partial charge in [0.05, 0.1) is 7.11 Å². The monoisotopic (exact) mass is 291 g/mol. The average molecular weight is 291 g/mol. The summed E-state index contributed by atoms with van der Waals surface area (Å²) in [4.78, 5) is 1.05. The summed E-state index contributed by atoms with van der Waals surface area (Å²) in [5.41, 5.74) is 2.37.